The number of amides is 2. The van der Waals surface area contributed by atoms with E-state index in [4.69, 9.17) is 0 Å². The number of likely N-dealkylation sites (tertiary alicyclic amines) is 1. The first-order chi connectivity index (χ1) is 11.5. The van der Waals surface area contributed by atoms with E-state index in [2.05, 4.69) is 10.4 Å². The Kier molecular flexibility index (Phi) is 5.33. The smallest absolute Gasteiger partial charge is 0.322 e. The molecule has 2 heterocycles. The predicted molar refractivity (Wildman–Crippen MR) is 84.4 cm³/mol. The van der Waals surface area contributed by atoms with Gasteiger partial charge in [0.15, 0.2) is 5.82 Å². The van der Waals surface area contributed by atoms with Crippen LogP contribution in [-0.4, -0.2) is 72.0 Å². The molecule has 0 saturated carbocycles. The Balaban J connectivity index is 2.19. The molecule has 1 aromatic rings. The summed E-state index contributed by atoms with van der Waals surface area (Å²) >= 11 is 0. The van der Waals surface area contributed by atoms with Gasteiger partial charge < -0.3 is 4.90 Å². The zero-order chi connectivity index (χ0) is 19.0. The summed E-state index contributed by atoms with van der Waals surface area (Å²) in [6.07, 6.45) is -3.12. The fourth-order valence-corrected chi connectivity index (χ4v) is 4.19. The minimum atomic E-state index is -4.73. The Morgan fingerprint density at radius 1 is 1.40 bits per heavy atom. The SMILES string of the molecule is CCn1ccc(NC(=O)N2C[C@H](C(F)(F)F)[C@@H](S(=O)(=O)N(C)C)C2)n1. The van der Waals surface area contributed by atoms with Gasteiger partial charge in [0.1, 0.15) is 5.25 Å². The Labute approximate surface area is 143 Å². The van der Waals surface area contributed by atoms with E-state index in [9.17, 15) is 26.4 Å². The first-order valence-electron chi connectivity index (χ1n) is 7.54. The quantitative estimate of drug-likeness (QED) is 0.846. The monoisotopic (exact) mass is 383 g/mol. The maximum Gasteiger partial charge on any atom is 0.394 e. The number of nitrogens with one attached hydrogen (secondary N) is 1. The third-order valence-corrected chi connectivity index (χ3v) is 6.33. The molecule has 1 aliphatic heterocycles. The second kappa shape index (κ2) is 6.83. The second-order valence-electron chi connectivity index (χ2n) is 5.91. The number of sulfonamides is 1. The van der Waals surface area contributed by atoms with Crippen LogP contribution in [0.2, 0.25) is 0 Å². The Hall–Kier alpha value is -1.82. The molecule has 1 saturated heterocycles. The van der Waals surface area contributed by atoms with Gasteiger partial charge in [-0.1, -0.05) is 0 Å². The summed E-state index contributed by atoms with van der Waals surface area (Å²) < 4.78 is 66.5. The van der Waals surface area contributed by atoms with Crippen LogP contribution in [0.5, 0.6) is 0 Å². The number of rotatable bonds is 4. The molecule has 1 aromatic heterocycles. The molecule has 0 unspecified atom stereocenters. The largest absolute Gasteiger partial charge is 0.394 e. The predicted octanol–water partition coefficient (Wildman–Crippen LogP) is 1.19. The van der Waals surface area contributed by atoms with E-state index in [1.54, 1.807) is 6.20 Å². The van der Waals surface area contributed by atoms with Crippen LogP contribution >= 0.6 is 0 Å². The maximum atomic E-state index is 13.3. The van der Waals surface area contributed by atoms with Gasteiger partial charge in [-0.05, 0) is 6.92 Å². The lowest BCUT2D eigenvalue weighted by Crippen LogP contribution is -2.43. The first-order valence-corrected chi connectivity index (χ1v) is 9.04. The lowest BCUT2D eigenvalue weighted by Gasteiger charge is -2.23. The van der Waals surface area contributed by atoms with Crippen LogP contribution in [0.3, 0.4) is 0 Å². The summed E-state index contributed by atoms with van der Waals surface area (Å²) in [4.78, 5) is 13.1. The first kappa shape index (κ1) is 19.5. The highest BCUT2D eigenvalue weighted by atomic mass is 32.2. The summed E-state index contributed by atoms with van der Waals surface area (Å²) in [6, 6.07) is 0.694. The van der Waals surface area contributed by atoms with Crippen molar-refractivity contribution in [2.75, 3.05) is 32.5 Å². The van der Waals surface area contributed by atoms with Crippen LogP contribution < -0.4 is 5.32 Å². The van der Waals surface area contributed by atoms with Gasteiger partial charge in [-0.2, -0.15) is 18.3 Å². The van der Waals surface area contributed by atoms with Crippen molar-refractivity contribution in [3.63, 3.8) is 0 Å². The fraction of sp³-hybridized carbons (Fsp3) is 0.692. The molecule has 8 nitrogen and oxygen atoms in total. The van der Waals surface area contributed by atoms with Crippen LogP contribution in [-0.2, 0) is 16.6 Å². The topological polar surface area (TPSA) is 87.5 Å². The highest BCUT2D eigenvalue weighted by Gasteiger charge is 2.56. The number of aryl methyl sites for hydroxylation is 1. The summed E-state index contributed by atoms with van der Waals surface area (Å²) in [5.41, 5.74) is 0. The van der Waals surface area contributed by atoms with Gasteiger partial charge in [0, 0.05) is 46.0 Å². The van der Waals surface area contributed by atoms with Crippen LogP contribution in [0.25, 0.3) is 0 Å². The molecule has 2 atom stereocenters. The van der Waals surface area contributed by atoms with Gasteiger partial charge in [-0.15, -0.1) is 0 Å². The van der Waals surface area contributed by atoms with Crippen LogP contribution in [0, 0.1) is 5.92 Å². The second-order valence-corrected chi connectivity index (χ2v) is 8.27. The molecule has 25 heavy (non-hydrogen) atoms. The van der Waals surface area contributed by atoms with E-state index < -0.39 is 46.5 Å². The number of hydrogen-bond donors (Lipinski definition) is 1. The number of aromatic nitrogens is 2. The van der Waals surface area contributed by atoms with Crippen LogP contribution in [0.4, 0.5) is 23.8 Å². The molecule has 12 heteroatoms. The normalized spacial score (nSPS) is 21.8. The summed E-state index contributed by atoms with van der Waals surface area (Å²) in [6.45, 7) is 1.15. The van der Waals surface area contributed by atoms with E-state index in [1.807, 2.05) is 6.92 Å². The van der Waals surface area contributed by atoms with Gasteiger partial charge in [-0.25, -0.2) is 17.5 Å². The number of carbonyl (C=O) groups is 1. The number of nitrogens with zero attached hydrogens (tertiary/aromatic N) is 4. The van der Waals surface area contributed by atoms with Crippen molar-refractivity contribution in [1.82, 2.24) is 19.0 Å². The molecule has 0 aliphatic carbocycles. The lowest BCUT2D eigenvalue weighted by molar-refractivity contribution is -0.169. The molecule has 1 fully saturated rings. The van der Waals surface area contributed by atoms with Gasteiger partial charge in [0.05, 0.1) is 5.92 Å². The minimum absolute atomic E-state index is 0.189. The highest BCUT2D eigenvalue weighted by molar-refractivity contribution is 7.89. The standard InChI is InChI=1S/C13H20F3N5O3S/c1-4-21-6-5-11(18-21)17-12(22)20-7-9(13(14,15)16)10(8-20)25(23,24)19(2)3/h5-6,9-10H,4,7-8H2,1-3H3,(H,17,18,22)/t9-,10-/m0/s1. The molecule has 0 radical (unpaired) electrons. The number of urea groups is 1. The molecule has 0 aromatic carbocycles. The molecular weight excluding hydrogens is 363 g/mol. The molecular formula is C13H20F3N5O3S. The minimum Gasteiger partial charge on any atom is -0.322 e. The number of carbonyl (C=O) groups excluding carboxylic acids is 1. The lowest BCUT2D eigenvalue weighted by atomic mass is 10.1. The van der Waals surface area contributed by atoms with Gasteiger partial charge >= 0.3 is 12.2 Å². The molecule has 2 rings (SSSR count). The van der Waals surface area contributed by atoms with Gasteiger partial charge in [0.25, 0.3) is 0 Å². The average molecular weight is 383 g/mol. The van der Waals surface area contributed by atoms with E-state index in [1.165, 1.54) is 24.8 Å². The van der Waals surface area contributed by atoms with Crippen molar-refractivity contribution in [2.24, 2.45) is 5.92 Å². The van der Waals surface area contributed by atoms with Crippen LogP contribution in [0.15, 0.2) is 12.3 Å². The Morgan fingerprint density at radius 2 is 2.04 bits per heavy atom. The van der Waals surface area contributed by atoms with Crippen molar-refractivity contribution < 1.29 is 26.4 Å². The number of halogens is 3. The molecule has 1 N–H and O–H groups in total. The highest BCUT2D eigenvalue weighted by Crippen LogP contribution is 2.37. The van der Waals surface area contributed by atoms with E-state index >= 15 is 0 Å². The number of hydrogen-bond acceptors (Lipinski definition) is 4. The fourth-order valence-electron chi connectivity index (χ4n) is 2.62. The summed E-state index contributed by atoms with van der Waals surface area (Å²) in [5.74, 6) is -1.95. The third kappa shape index (κ3) is 4.06. The van der Waals surface area contributed by atoms with Gasteiger partial charge in [-0.3, -0.25) is 10.00 Å². The van der Waals surface area contributed by atoms with Crippen molar-refractivity contribution >= 4 is 21.9 Å². The molecule has 0 bridgehead atoms. The van der Waals surface area contributed by atoms with Crippen molar-refractivity contribution in [1.29, 1.82) is 0 Å². The van der Waals surface area contributed by atoms with Crippen LogP contribution in [0.1, 0.15) is 6.92 Å². The zero-order valence-electron chi connectivity index (χ0n) is 14.0. The number of anilines is 1. The Bertz CT molecular complexity index is 732. The third-order valence-electron chi connectivity index (χ3n) is 4.07. The van der Waals surface area contributed by atoms with Crippen molar-refractivity contribution in [2.45, 2.75) is 24.9 Å². The Morgan fingerprint density at radius 3 is 2.52 bits per heavy atom. The van der Waals surface area contributed by atoms with Crippen molar-refractivity contribution in [3.8, 4) is 0 Å². The zero-order valence-corrected chi connectivity index (χ0v) is 14.8. The molecule has 0 spiro atoms. The van der Waals surface area contributed by atoms with Crippen molar-refractivity contribution in [3.05, 3.63) is 12.3 Å². The molecule has 2 amide bonds. The maximum absolute atomic E-state index is 13.3. The van der Waals surface area contributed by atoms with E-state index in [0.717, 1.165) is 9.21 Å². The molecule has 142 valence electrons. The van der Waals surface area contributed by atoms with Gasteiger partial charge in [0.2, 0.25) is 10.0 Å². The summed E-state index contributed by atoms with van der Waals surface area (Å²) in [5, 5.41) is 4.67. The van der Waals surface area contributed by atoms with E-state index in [-0.39, 0.29) is 5.82 Å². The summed E-state index contributed by atoms with van der Waals surface area (Å²) in [7, 11) is -1.84. The number of alkyl halides is 3. The van der Waals surface area contributed by atoms with E-state index in [0.29, 0.717) is 6.54 Å². The molecule has 1 aliphatic rings. The average Bonchev–Trinajstić information content (AvgIpc) is 3.13.